The van der Waals surface area contributed by atoms with E-state index in [1.165, 1.54) is 19.4 Å². The van der Waals surface area contributed by atoms with Crippen LogP contribution in [-0.2, 0) is 14.4 Å². The van der Waals surface area contributed by atoms with Gasteiger partial charge in [0, 0.05) is 12.3 Å². The minimum Gasteiger partial charge on any atom is -0.470 e. The van der Waals surface area contributed by atoms with Crippen LogP contribution in [0, 0.1) is 0 Å². The lowest BCUT2D eigenvalue weighted by Crippen LogP contribution is -2.25. The second kappa shape index (κ2) is 9.08. The summed E-state index contributed by atoms with van der Waals surface area (Å²) in [6, 6.07) is 7.57. The molecule has 2 aromatic rings. The number of rotatable bonds is 7. The van der Waals surface area contributed by atoms with Gasteiger partial charge in [0.1, 0.15) is 19.5 Å². The molecule has 1 aromatic heterocycles. The molecule has 29 heavy (non-hydrogen) atoms. The molecule has 0 bridgehead atoms. The first kappa shape index (κ1) is 20.2. The van der Waals surface area contributed by atoms with Crippen molar-refractivity contribution >= 4 is 11.6 Å². The predicted octanol–water partition coefficient (Wildman–Crippen LogP) is 2.92. The van der Waals surface area contributed by atoms with Gasteiger partial charge in [-0.3, -0.25) is 0 Å². The summed E-state index contributed by atoms with van der Waals surface area (Å²) in [6.45, 7) is -0.922. The first-order chi connectivity index (χ1) is 14.0. The topological polar surface area (TPSA) is 96.7 Å². The molecule has 0 N–H and O–H groups in total. The van der Waals surface area contributed by atoms with Crippen LogP contribution in [-0.4, -0.2) is 54.7 Å². The lowest BCUT2D eigenvalue weighted by molar-refractivity contribution is -0.154. The summed E-state index contributed by atoms with van der Waals surface area (Å²) in [6.07, 6.45) is -3.28. The van der Waals surface area contributed by atoms with E-state index in [9.17, 15) is 13.2 Å². The van der Waals surface area contributed by atoms with Gasteiger partial charge in [0.05, 0.1) is 5.56 Å². The quantitative estimate of drug-likeness (QED) is 0.510. The second-order valence-corrected chi connectivity index (χ2v) is 5.38. The molecule has 0 fully saturated rings. The Morgan fingerprint density at radius 2 is 2.03 bits per heavy atom. The van der Waals surface area contributed by atoms with Crippen LogP contribution >= 0.6 is 0 Å². The molecule has 2 heterocycles. The highest BCUT2D eigenvalue weighted by Gasteiger charge is 2.29. The number of para-hydroxylation sites is 1. The lowest BCUT2D eigenvalue weighted by Gasteiger charge is -2.16. The van der Waals surface area contributed by atoms with E-state index in [1.807, 2.05) is 0 Å². The number of oxime groups is 2. The van der Waals surface area contributed by atoms with Crippen LogP contribution in [0.25, 0.3) is 0 Å². The molecule has 3 rings (SSSR count). The zero-order valence-electron chi connectivity index (χ0n) is 15.0. The van der Waals surface area contributed by atoms with Crippen LogP contribution in [0.1, 0.15) is 5.56 Å². The fraction of sp³-hybridized carbons (Fsp3) is 0.294. The molecule has 0 aliphatic carbocycles. The molecule has 154 valence electrons. The van der Waals surface area contributed by atoms with E-state index in [-0.39, 0.29) is 35.9 Å². The highest BCUT2D eigenvalue weighted by atomic mass is 19.4. The first-order valence-corrected chi connectivity index (χ1v) is 8.20. The van der Waals surface area contributed by atoms with Crippen molar-refractivity contribution in [3.8, 4) is 17.6 Å². The first-order valence-electron chi connectivity index (χ1n) is 8.20. The molecule has 1 aliphatic rings. The number of nitrogens with zero attached hydrogens (tertiary/aromatic N) is 4. The zero-order chi connectivity index (χ0) is 20.7. The van der Waals surface area contributed by atoms with Crippen LogP contribution in [0.3, 0.4) is 0 Å². The third-order valence-electron chi connectivity index (χ3n) is 3.28. The molecule has 1 aliphatic heterocycles. The van der Waals surface area contributed by atoms with Gasteiger partial charge in [-0.25, -0.2) is 4.98 Å². The number of benzene rings is 1. The predicted molar refractivity (Wildman–Crippen MR) is 93.0 cm³/mol. The SMILES string of the molecule is CON=C(C1=NOCCO1)c1ccccc1Oc1nccc(OCC(F)(F)F)n1. The van der Waals surface area contributed by atoms with Crippen molar-refractivity contribution in [2.24, 2.45) is 10.3 Å². The van der Waals surface area contributed by atoms with Gasteiger partial charge >= 0.3 is 12.2 Å². The monoisotopic (exact) mass is 412 g/mol. The summed E-state index contributed by atoms with van der Waals surface area (Å²) in [5, 5.41) is 7.71. The average Bonchev–Trinajstić information content (AvgIpc) is 2.72. The Kier molecular flexibility index (Phi) is 6.32. The van der Waals surface area contributed by atoms with E-state index in [0.717, 1.165) is 0 Å². The molecular formula is C17H15F3N4O5. The molecule has 0 amide bonds. The molecule has 0 radical (unpaired) electrons. The highest BCUT2D eigenvalue weighted by molar-refractivity contribution is 6.45. The fourth-order valence-electron chi connectivity index (χ4n) is 2.17. The van der Waals surface area contributed by atoms with Gasteiger partial charge in [0.2, 0.25) is 5.88 Å². The second-order valence-electron chi connectivity index (χ2n) is 5.38. The average molecular weight is 412 g/mol. The zero-order valence-corrected chi connectivity index (χ0v) is 15.0. The standard InChI is InChI=1S/C17H15F3N4O5/c1-25-23-14(15-24-28-9-8-26-15)11-4-2-3-5-12(11)29-16-21-7-6-13(22-16)27-10-17(18,19)20/h2-7H,8-10H2,1H3. The number of alkyl halides is 3. The smallest absolute Gasteiger partial charge is 0.422 e. The number of hydrogen-bond acceptors (Lipinski definition) is 9. The van der Waals surface area contributed by atoms with Crippen molar-refractivity contribution in [2.45, 2.75) is 6.18 Å². The summed E-state index contributed by atoms with van der Waals surface area (Å²) in [4.78, 5) is 17.6. The van der Waals surface area contributed by atoms with Crippen molar-refractivity contribution < 1.29 is 37.1 Å². The van der Waals surface area contributed by atoms with E-state index in [0.29, 0.717) is 12.2 Å². The number of aromatic nitrogens is 2. The van der Waals surface area contributed by atoms with Gasteiger partial charge in [-0.05, 0) is 17.3 Å². The largest absolute Gasteiger partial charge is 0.470 e. The van der Waals surface area contributed by atoms with Gasteiger partial charge in [0.15, 0.2) is 18.9 Å². The number of halogens is 3. The van der Waals surface area contributed by atoms with Crippen molar-refractivity contribution in [2.75, 3.05) is 26.9 Å². The van der Waals surface area contributed by atoms with Crippen molar-refractivity contribution in [3.05, 3.63) is 42.1 Å². The van der Waals surface area contributed by atoms with Gasteiger partial charge in [0.25, 0.3) is 5.90 Å². The van der Waals surface area contributed by atoms with Crippen molar-refractivity contribution in [1.82, 2.24) is 9.97 Å². The van der Waals surface area contributed by atoms with Crippen LogP contribution in [0.5, 0.6) is 17.6 Å². The number of ether oxygens (including phenoxy) is 3. The van der Waals surface area contributed by atoms with Gasteiger partial charge < -0.3 is 23.9 Å². The van der Waals surface area contributed by atoms with Gasteiger partial charge in [-0.2, -0.15) is 18.2 Å². The molecule has 0 unspecified atom stereocenters. The molecule has 1 aromatic carbocycles. The number of hydrogen-bond donors (Lipinski definition) is 0. The summed E-state index contributed by atoms with van der Waals surface area (Å²) in [7, 11) is 1.35. The van der Waals surface area contributed by atoms with E-state index < -0.39 is 12.8 Å². The van der Waals surface area contributed by atoms with Crippen molar-refractivity contribution in [1.29, 1.82) is 0 Å². The summed E-state index contributed by atoms with van der Waals surface area (Å²) in [5.74, 6) is 0.0226. The molecule has 0 saturated heterocycles. The molecule has 9 nitrogen and oxygen atoms in total. The third-order valence-corrected chi connectivity index (χ3v) is 3.28. The third kappa shape index (κ3) is 5.70. The molecule has 12 heteroatoms. The highest BCUT2D eigenvalue weighted by Crippen LogP contribution is 2.26. The van der Waals surface area contributed by atoms with E-state index in [4.69, 9.17) is 19.1 Å². The normalized spacial score (nSPS) is 14.3. The fourth-order valence-corrected chi connectivity index (χ4v) is 2.17. The van der Waals surface area contributed by atoms with Gasteiger partial charge in [-0.1, -0.05) is 17.3 Å². The summed E-state index contributed by atoms with van der Waals surface area (Å²) < 4.78 is 52.6. The lowest BCUT2D eigenvalue weighted by atomic mass is 10.1. The minimum atomic E-state index is -4.49. The Labute approximate surface area is 162 Å². The Morgan fingerprint density at radius 1 is 1.21 bits per heavy atom. The Bertz CT molecular complexity index is 905. The van der Waals surface area contributed by atoms with E-state index in [2.05, 4.69) is 25.0 Å². The maximum absolute atomic E-state index is 12.3. The molecule has 0 spiro atoms. The molecule has 0 saturated carbocycles. The maximum atomic E-state index is 12.3. The minimum absolute atomic E-state index is 0.0809. The van der Waals surface area contributed by atoms with E-state index in [1.54, 1.807) is 24.3 Å². The van der Waals surface area contributed by atoms with Crippen LogP contribution < -0.4 is 9.47 Å². The Morgan fingerprint density at radius 3 is 2.76 bits per heavy atom. The van der Waals surface area contributed by atoms with Crippen LogP contribution in [0.15, 0.2) is 46.8 Å². The van der Waals surface area contributed by atoms with Crippen LogP contribution in [0.2, 0.25) is 0 Å². The van der Waals surface area contributed by atoms with Gasteiger partial charge in [-0.15, -0.1) is 0 Å². The summed E-state index contributed by atoms with van der Waals surface area (Å²) in [5.41, 5.74) is 0.594. The molecular weight excluding hydrogens is 397 g/mol. The van der Waals surface area contributed by atoms with E-state index >= 15 is 0 Å². The summed E-state index contributed by atoms with van der Waals surface area (Å²) >= 11 is 0. The van der Waals surface area contributed by atoms with Crippen molar-refractivity contribution in [3.63, 3.8) is 0 Å². The van der Waals surface area contributed by atoms with Crippen LogP contribution in [0.4, 0.5) is 13.2 Å². The maximum Gasteiger partial charge on any atom is 0.422 e. The molecule has 0 atom stereocenters. The Balaban J connectivity index is 1.86. The Hall–Kier alpha value is -3.57.